The Kier molecular flexibility index (Phi) is 2.37. The van der Waals surface area contributed by atoms with Crippen LogP contribution in [0.5, 0.6) is 0 Å². The number of ketones is 1. The maximum atomic E-state index is 11.9. The number of hydrogen-bond acceptors (Lipinski definition) is 5. The van der Waals surface area contributed by atoms with E-state index in [1.165, 1.54) is 6.34 Å². The van der Waals surface area contributed by atoms with E-state index in [2.05, 4.69) is 20.6 Å². The Labute approximate surface area is 94.4 Å². The average Bonchev–Trinajstić information content (AvgIpc) is 2.63. The zero-order chi connectivity index (χ0) is 11.0. The normalized spacial score (nSPS) is 38.4. The van der Waals surface area contributed by atoms with Crippen molar-refractivity contribution in [3.63, 3.8) is 0 Å². The quantitative estimate of drug-likeness (QED) is 0.619. The number of hydrogen-bond donors (Lipinski definition) is 2. The van der Waals surface area contributed by atoms with E-state index in [-0.39, 0.29) is 17.7 Å². The fraction of sp³-hybridized carbons (Fsp3) is 0.727. The summed E-state index contributed by atoms with van der Waals surface area (Å²) in [7, 11) is 0. The van der Waals surface area contributed by atoms with E-state index in [4.69, 9.17) is 0 Å². The van der Waals surface area contributed by atoms with Gasteiger partial charge in [-0.05, 0) is 12.8 Å². The minimum Gasteiger partial charge on any atom is -0.314 e. The molecule has 0 aliphatic carbocycles. The number of Topliss-reactive ketones (excluding diaryl/α,β-unsaturated/α-hetero) is 1. The van der Waals surface area contributed by atoms with Crippen LogP contribution in [0.1, 0.15) is 12.8 Å². The highest BCUT2D eigenvalue weighted by atomic mass is 16.1. The molecule has 0 aromatic heterocycles. The second-order valence-corrected chi connectivity index (χ2v) is 4.88. The highest BCUT2D eigenvalue weighted by molar-refractivity contribution is 6.44. The zero-order valence-corrected chi connectivity index (χ0v) is 9.20. The molecule has 0 amide bonds. The molecule has 2 N–H and O–H groups in total. The van der Waals surface area contributed by atoms with Gasteiger partial charge < -0.3 is 10.6 Å². The number of nitrogens with one attached hydrogen (secondary N) is 2. The van der Waals surface area contributed by atoms with Gasteiger partial charge in [0.15, 0.2) is 5.78 Å². The van der Waals surface area contributed by atoms with Crippen molar-refractivity contribution in [1.29, 1.82) is 0 Å². The largest absolute Gasteiger partial charge is 0.314 e. The molecule has 16 heavy (non-hydrogen) atoms. The first-order valence-electron chi connectivity index (χ1n) is 5.84. The summed E-state index contributed by atoms with van der Waals surface area (Å²) in [5.41, 5.74) is 0.624. The van der Waals surface area contributed by atoms with E-state index in [0.29, 0.717) is 6.04 Å². The number of fused-ring (bicyclic) bond motifs is 4. The summed E-state index contributed by atoms with van der Waals surface area (Å²) < 4.78 is 0. The van der Waals surface area contributed by atoms with Crippen LogP contribution >= 0.6 is 0 Å². The van der Waals surface area contributed by atoms with Crippen molar-refractivity contribution in [3.8, 4) is 0 Å². The van der Waals surface area contributed by atoms with Gasteiger partial charge in [-0.25, -0.2) is 4.99 Å². The van der Waals surface area contributed by atoms with Gasteiger partial charge in [0.25, 0.3) is 0 Å². The van der Waals surface area contributed by atoms with Crippen LogP contribution in [0.3, 0.4) is 0 Å². The molecule has 0 saturated carbocycles. The topological polar surface area (TPSA) is 65.8 Å². The Morgan fingerprint density at radius 3 is 3.12 bits per heavy atom. The highest BCUT2D eigenvalue weighted by Crippen LogP contribution is 2.32. The second-order valence-electron chi connectivity index (χ2n) is 4.88. The summed E-state index contributed by atoms with van der Waals surface area (Å²) in [5, 5.41) is 6.93. The monoisotopic (exact) mass is 220 g/mol. The molecule has 4 aliphatic rings. The number of carbonyl (C=O) groups excluding carboxylic acids is 1. The third-order valence-electron chi connectivity index (χ3n) is 3.82. The van der Waals surface area contributed by atoms with Gasteiger partial charge in [0.1, 0.15) is 12.9 Å². The molecule has 3 saturated heterocycles. The summed E-state index contributed by atoms with van der Waals surface area (Å²) in [6, 6.07) is 0.559. The predicted molar refractivity (Wildman–Crippen MR) is 62.1 cm³/mol. The molecule has 0 spiro atoms. The molecule has 0 radical (unpaired) electrons. The van der Waals surface area contributed by atoms with Crippen molar-refractivity contribution in [2.24, 2.45) is 15.4 Å². The van der Waals surface area contributed by atoms with Gasteiger partial charge in [0.2, 0.25) is 0 Å². The lowest BCUT2D eigenvalue weighted by Crippen LogP contribution is -2.52. The number of nitrogens with zero attached hydrogens (tertiary/aromatic N) is 2. The molecular formula is C11H16N4O. The lowest BCUT2D eigenvalue weighted by molar-refractivity contribution is -0.112. The molecule has 0 aromatic carbocycles. The molecule has 86 valence electrons. The van der Waals surface area contributed by atoms with Crippen LogP contribution in [0.4, 0.5) is 0 Å². The molecule has 2 atom stereocenters. The Balaban J connectivity index is 1.94. The van der Waals surface area contributed by atoms with Gasteiger partial charge in [0.05, 0.1) is 5.71 Å². The van der Waals surface area contributed by atoms with Crippen LogP contribution in [-0.4, -0.2) is 50.1 Å². The van der Waals surface area contributed by atoms with Gasteiger partial charge in [-0.1, -0.05) is 0 Å². The Morgan fingerprint density at radius 2 is 2.38 bits per heavy atom. The van der Waals surface area contributed by atoms with Gasteiger partial charge in [-0.3, -0.25) is 9.79 Å². The van der Waals surface area contributed by atoms with Crippen molar-refractivity contribution in [2.75, 3.05) is 26.2 Å². The van der Waals surface area contributed by atoms with Crippen LogP contribution < -0.4 is 10.6 Å². The molecule has 5 heteroatoms. The highest BCUT2D eigenvalue weighted by Gasteiger charge is 2.44. The third kappa shape index (κ3) is 1.51. The Morgan fingerprint density at radius 1 is 1.44 bits per heavy atom. The first-order valence-corrected chi connectivity index (χ1v) is 5.84. The van der Waals surface area contributed by atoms with Crippen molar-refractivity contribution in [2.45, 2.75) is 18.9 Å². The first-order chi connectivity index (χ1) is 7.80. The average molecular weight is 220 g/mol. The second kappa shape index (κ2) is 3.75. The molecule has 5 nitrogen and oxygen atoms in total. The van der Waals surface area contributed by atoms with Crippen molar-refractivity contribution >= 4 is 17.8 Å². The molecular weight excluding hydrogens is 204 g/mol. The fourth-order valence-corrected chi connectivity index (χ4v) is 2.88. The van der Waals surface area contributed by atoms with Gasteiger partial charge in [-0.15, -0.1) is 0 Å². The maximum Gasteiger partial charge on any atom is 0.199 e. The van der Waals surface area contributed by atoms with Gasteiger partial charge in [0, 0.05) is 31.1 Å². The van der Waals surface area contributed by atoms with Crippen molar-refractivity contribution in [1.82, 2.24) is 10.6 Å². The van der Waals surface area contributed by atoms with Crippen LogP contribution in [0.15, 0.2) is 9.98 Å². The molecule has 4 heterocycles. The summed E-state index contributed by atoms with van der Waals surface area (Å²) in [6.45, 7) is 2.99. The Bertz CT molecular complexity index is 361. The smallest absolute Gasteiger partial charge is 0.199 e. The SMILES string of the molecule is O=C1CN=CN=C1C12CCC(CNC1)NC2. The fourth-order valence-electron chi connectivity index (χ4n) is 2.88. The molecule has 4 rings (SSSR count). The first kappa shape index (κ1) is 10.1. The van der Waals surface area contributed by atoms with E-state index in [0.717, 1.165) is 38.2 Å². The zero-order valence-electron chi connectivity index (χ0n) is 9.20. The van der Waals surface area contributed by atoms with Crippen molar-refractivity contribution < 1.29 is 4.79 Å². The standard InChI is InChI=1S/C11H16N4O/c16-9-4-13-7-15-10(9)11-2-1-8(14-6-11)3-12-5-11/h7-8,12,14H,1-6H2. The minimum absolute atomic E-state index is 0.0893. The van der Waals surface area contributed by atoms with Crippen LogP contribution in [0, 0.1) is 5.41 Å². The van der Waals surface area contributed by atoms with Crippen LogP contribution in [0.25, 0.3) is 0 Å². The lowest BCUT2D eigenvalue weighted by Gasteiger charge is -2.37. The van der Waals surface area contributed by atoms with E-state index in [9.17, 15) is 4.79 Å². The van der Waals surface area contributed by atoms with Crippen LogP contribution in [0.2, 0.25) is 0 Å². The van der Waals surface area contributed by atoms with Crippen molar-refractivity contribution in [3.05, 3.63) is 0 Å². The maximum absolute atomic E-state index is 11.9. The summed E-state index contributed by atoms with van der Waals surface area (Å²) >= 11 is 0. The molecule has 2 bridgehead atoms. The number of aliphatic imine (C=N–C) groups is 2. The van der Waals surface area contributed by atoms with E-state index >= 15 is 0 Å². The summed E-state index contributed by atoms with van der Waals surface area (Å²) in [5.74, 6) is 0.0893. The van der Waals surface area contributed by atoms with E-state index in [1.807, 2.05) is 0 Å². The van der Waals surface area contributed by atoms with Crippen LogP contribution in [-0.2, 0) is 4.79 Å². The minimum atomic E-state index is -0.101. The summed E-state index contributed by atoms with van der Waals surface area (Å²) in [4.78, 5) is 20.0. The predicted octanol–water partition coefficient (Wildman–Crippen LogP) is -0.620. The number of rotatable bonds is 1. The lowest BCUT2D eigenvalue weighted by atomic mass is 9.74. The van der Waals surface area contributed by atoms with E-state index in [1.54, 1.807) is 0 Å². The van der Waals surface area contributed by atoms with E-state index < -0.39 is 0 Å². The molecule has 2 unspecified atom stereocenters. The van der Waals surface area contributed by atoms with Gasteiger partial charge >= 0.3 is 0 Å². The summed E-state index contributed by atoms with van der Waals surface area (Å²) in [6.07, 6.45) is 3.70. The number of carbonyl (C=O) groups is 1. The third-order valence-corrected chi connectivity index (χ3v) is 3.82. The Hall–Kier alpha value is -1.07. The molecule has 4 aliphatic heterocycles. The number of piperidine rings is 1. The molecule has 3 fully saturated rings. The van der Waals surface area contributed by atoms with Gasteiger partial charge in [-0.2, -0.15) is 0 Å². The molecule has 0 aromatic rings.